The maximum atomic E-state index is 14.0. The van der Waals surface area contributed by atoms with Crippen LogP contribution >= 0.6 is 11.6 Å². The normalized spacial score (nSPS) is 16.0. The van der Waals surface area contributed by atoms with Gasteiger partial charge >= 0.3 is 0 Å². The first kappa shape index (κ1) is 24.8. The SMILES string of the molecule is O=C1c2cc(-c3ccc(N4CCOCC4)cc3)ccc2CN1C(c1cc2ccccc2[nH]1)c1cc(Cl)ccc1O. The molecule has 1 amide bonds. The lowest BCUT2D eigenvalue weighted by molar-refractivity contribution is 0.0727. The smallest absolute Gasteiger partial charge is 0.255 e. The molecule has 0 radical (unpaired) electrons. The molecule has 6 nitrogen and oxygen atoms in total. The summed E-state index contributed by atoms with van der Waals surface area (Å²) in [5.74, 6) is 0.0164. The Morgan fingerprint density at radius 1 is 0.875 bits per heavy atom. The number of phenols is 1. The number of para-hydroxylation sites is 1. The summed E-state index contributed by atoms with van der Waals surface area (Å²) in [4.78, 5) is 21.6. The molecule has 1 saturated heterocycles. The van der Waals surface area contributed by atoms with Gasteiger partial charge in [0.2, 0.25) is 0 Å². The van der Waals surface area contributed by atoms with Crippen molar-refractivity contribution in [3.63, 3.8) is 0 Å². The molecule has 1 fully saturated rings. The van der Waals surface area contributed by atoms with Crippen LogP contribution in [0.1, 0.15) is 33.2 Å². The fourth-order valence-corrected chi connectivity index (χ4v) is 6.07. The Morgan fingerprint density at radius 2 is 1.65 bits per heavy atom. The van der Waals surface area contributed by atoms with Gasteiger partial charge in [-0.1, -0.05) is 54.1 Å². The zero-order chi connectivity index (χ0) is 27.2. The average molecular weight is 550 g/mol. The molecule has 2 aliphatic rings. The van der Waals surface area contributed by atoms with E-state index in [1.807, 2.05) is 47.4 Å². The second-order valence-corrected chi connectivity index (χ2v) is 10.8. The zero-order valence-electron chi connectivity index (χ0n) is 21.8. The number of nitrogens with one attached hydrogen (secondary N) is 1. The Balaban J connectivity index is 1.24. The van der Waals surface area contributed by atoms with Crippen molar-refractivity contribution in [1.29, 1.82) is 0 Å². The van der Waals surface area contributed by atoms with Gasteiger partial charge in [-0.2, -0.15) is 0 Å². The standard InChI is InChI=1S/C33H28ClN3O3/c34-25-9-12-31(38)28(19-25)32(30-18-23-3-1-2-4-29(23)35-30)37-20-24-6-5-22(17-27(24)33(37)39)21-7-10-26(11-8-21)36-13-15-40-16-14-36/h1-12,17-19,32,35,38H,13-16,20H2. The Hall–Kier alpha value is -4.26. The number of aromatic nitrogens is 1. The molecular formula is C33H28ClN3O3. The van der Waals surface area contributed by atoms with Crippen molar-refractivity contribution in [2.45, 2.75) is 12.6 Å². The highest BCUT2D eigenvalue weighted by Gasteiger charge is 2.36. The number of hydrogen-bond acceptors (Lipinski definition) is 4. The lowest BCUT2D eigenvalue weighted by Crippen LogP contribution is -2.36. The topological polar surface area (TPSA) is 68.8 Å². The minimum atomic E-state index is -0.540. The van der Waals surface area contributed by atoms with E-state index in [1.54, 1.807) is 18.2 Å². The van der Waals surface area contributed by atoms with Crippen LogP contribution < -0.4 is 4.90 Å². The molecule has 7 heteroatoms. The minimum absolute atomic E-state index is 0.0789. The molecular weight excluding hydrogens is 522 g/mol. The number of rotatable bonds is 5. The van der Waals surface area contributed by atoms with Crippen LogP contribution in [0.5, 0.6) is 5.75 Å². The lowest BCUT2D eigenvalue weighted by atomic mass is 10.00. The number of ether oxygens (including phenoxy) is 1. The molecule has 1 unspecified atom stereocenters. The highest BCUT2D eigenvalue weighted by atomic mass is 35.5. The number of aromatic hydroxyl groups is 1. The van der Waals surface area contributed by atoms with Crippen LogP contribution in [0.25, 0.3) is 22.0 Å². The maximum Gasteiger partial charge on any atom is 0.255 e. The molecule has 3 heterocycles. The van der Waals surface area contributed by atoms with Gasteiger partial charge in [0.15, 0.2) is 0 Å². The molecule has 0 spiro atoms. The largest absolute Gasteiger partial charge is 0.508 e. The predicted molar refractivity (Wildman–Crippen MR) is 158 cm³/mol. The molecule has 200 valence electrons. The number of H-pyrrole nitrogens is 1. The number of benzene rings is 4. The van der Waals surface area contributed by atoms with Crippen LogP contribution in [0.2, 0.25) is 5.02 Å². The molecule has 40 heavy (non-hydrogen) atoms. The minimum Gasteiger partial charge on any atom is -0.508 e. The van der Waals surface area contributed by atoms with Crippen molar-refractivity contribution >= 4 is 34.1 Å². The molecule has 2 aliphatic heterocycles. The lowest BCUT2D eigenvalue weighted by Gasteiger charge is -2.29. The summed E-state index contributed by atoms with van der Waals surface area (Å²) in [7, 11) is 0. The molecule has 0 bridgehead atoms. The Labute approximate surface area is 237 Å². The van der Waals surface area contributed by atoms with E-state index >= 15 is 0 Å². The Morgan fingerprint density at radius 3 is 2.45 bits per heavy atom. The number of carbonyl (C=O) groups excluding carboxylic acids is 1. The maximum absolute atomic E-state index is 14.0. The monoisotopic (exact) mass is 549 g/mol. The quantitative estimate of drug-likeness (QED) is 0.254. The van der Waals surface area contributed by atoms with Crippen molar-refractivity contribution in [3.8, 4) is 16.9 Å². The average Bonchev–Trinajstić information content (AvgIpc) is 3.56. The van der Waals surface area contributed by atoms with Gasteiger partial charge in [-0.15, -0.1) is 0 Å². The fourth-order valence-electron chi connectivity index (χ4n) is 5.89. The van der Waals surface area contributed by atoms with Crippen LogP contribution in [-0.4, -0.2) is 47.2 Å². The molecule has 1 atom stereocenters. The van der Waals surface area contributed by atoms with Gasteiger partial charge in [0.05, 0.1) is 13.2 Å². The van der Waals surface area contributed by atoms with E-state index in [4.69, 9.17) is 16.3 Å². The van der Waals surface area contributed by atoms with Gasteiger partial charge in [0, 0.05) is 52.7 Å². The first-order valence-corrected chi connectivity index (χ1v) is 13.9. The third-order valence-corrected chi connectivity index (χ3v) is 8.20. The first-order valence-electron chi connectivity index (χ1n) is 13.5. The van der Waals surface area contributed by atoms with E-state index in [0.29, 0.717) is 22.7 Å². The van der Waals surface area contributed by atoms with Crippen molar-refractivity contribution in [2.24, 2.45) is 0 Å². The molecule has 2 N–H and O–H groups in total. The second-order valence-electron chi connectivity index (χ2n) is 10.4. The van der Waals surface area contributed by atoms with E-state index in [1.165, 1.54) is 5.69 Å². The Bertz CT molecular complexity index is 1690. The number of morpholine rings is 1. The van der Waals surface area contributed by atoms with Crippen molar-refractivity contribution in [1.82, 2.24) is 9.88 Å². The fraction of sp³-hybridized carbons (Fsp3) is 0.182. The van der Waals surface area contributed by atoms with Gasteiger partial charge in [-0.05, 0) is 70.6 Å². The summed E-state index contributed by atoms with van der Waals surface area (Å²) in [5.41, 5.74) is 7.24. The molecule has 7 rings (SSSR count). The van der Waals surface area contributed by atoms with Crippen molar-refractivity contribution in [2.75, 3.05) is 31.2 Å². The predicted octanol–water partition coefficient (Wildman–Crippen LogP) is 6.78. The third kappa shape index (κ3) is 4.39. The number of aromatic amines is 1. The number of hydrogen-bond donors (Lipinski definition) is 2. The number of fused-ring (bicyclic) bond motifs is 2. The summed E-state index contributed by atoms with van der Waals surface area (Å²) < 4.78 is 5.48. The van der Waals surface area contributed by atoms with Gasteiger partial charge in [-0.3, -0.25) is 4.79 Å². The van der Waals surface area contributed by atoms with Crippen LogP contribution in [0.4, 0.5) is 5.69 Å². The highest BCUT2D eigenvalue weighted by molar-refractivity contribution is 6.30. The summed E-state index contributed by atoms with van der Waals surface area (Å²) in [5, 5.41) is 12.4. The summed E-state index contributed by atoms with van der Waals surface area (Å²) in [6, 6.07) is 29.1. The molecule has 5 aromatic rings. The summed E-state index contributed by atoms with van der Waals surface area (Å²) in [6.45, 7) is 3.70. The zero-order valence-corrected chi connectivity index (χ0v) is 22.6. The van der Waals surface area contributed by atoms with Crippen LogP contribution in [0.3, 0.4) is 0 Å². The summed E-state index contributed by atoms with van der Waals surface area (Å²) >= 11 is 6.37. The van der Waals surface area contributed by atoms with Crippen LogP contribution in [0, 0.1) is 0 Å². The van der Waals surface area contributed by atoms with E-state index in [2.05, 4.69) is 40.2 Å². The third-order valence-electron chi connectivity index (χ3n) is 7.96. The first-order chi connectivity index (χ1) is 19.5. The molecule has 4 aromatic carbocycles. The van der Waals surface area contributed by atoms with Gasteiger partial charge in [-0.25, -0.2) is 0 Å². The molecule has 0 aliphatic carbocycles. The highest BCUT2D eigenvalue weighted by Crippen LogP contribution is 2.41. The second kappa shape index (κ2) is 10.0. The number of anilines is 1. The van der Waals surface area contributed by atoms with E-state index in [9.17, 15) is 9.90 Å². The van der Waals surface area contributed by atoms with Crippen molar-refractivity contribution in [3.05, 3.63) is 118 Å². The molecule has 0 saturated carbocycles. The van der Waals surface area contributed by atoms with Crippen LogP contribution in [0.15, 0.2) is 91.0 Å². The van der Waals surface area contributed by atoms with Gasteiger partial charge in [0.1, 0.15) is 11.8 Å². The van der Waals surface area contributed by atoms with Crippen molar-refractivity contribution < 1.29 is 14.6 Å². The number of amides is 1. The number of carbonyl (C=O) groups is 1. The van der Waals surface area contributed by atoms with E-state index in [-0.39, 0.29) is 11.7 Å². The number of phenolic OH excluding ortho intramolecular Hbond substituents is 1. The number of halogens is 1. The van der Waals surface area contributed by atoms with Gasteiger partial charge < -0.3 is 24.6 Å². The van der Waals surface area contributed by atoms with Gasteiger partial charge in [0.25, 0.3) is 5.91 Å². The summed E-state index contributed by atoms with van der Waals surface area (Å²) in [6.07, 6.45) is 0. The molecule has 1 aromatic heterocycles. The van der Waals surface area contributed by atoms with Crippen LogP contribution in [-0.2, 0) is 11.3 Å². The van der Waals surface area contributed by atoms with E-state index < -0.39 is 6.04 Å². The van der Waals surface area contributed by atoms with E-state index in [0.717, 1.165) is 59.6 Å². The number of nitrogens with zero attached hydrogens (tertiary/aromatic N) is 2. The Kier molecular flexibility index (Phi) is 6.22.